The van der Waals surface area contributed by atoms with Crippen molar-refractivity contribution in [1.82, 2.24) is 5.32 Å². The molecule has 0 unspecified atom stereocenters. The van der Waals surface area contributed by atoms with Gasteiger partial charge in [0.1, 0.15) is 0 Å². The number of nitriles is 1. The number of guanidine groups is 1. The fraction of sp³-hybridized carbons (Fsp3) is 0.300. The van der Waals surface area contributed by atoms with Crippen LogP contribution < -0.4 is 20.1 Å². The average molecular weight is 350 g/mol. The van der Waals surface area contributed by atoms with Crippen LogP contribution in [0.1, 0.15) is 24.5 Å². The van der Waals surface area contributed by atoms with Crippen LogP contribution in [0.15, 0.2) is 47.5 Å². The lowest BCUT2D eigenvalue weighted by atomic mass is 10.1. The Hall–Kier alpha value is -3.20. The van der Waals surface area contributed by atoms with Crippen LogP contribution in [0.3, 0.4) is 0 Å². The van der Waals surface area contributed by atoms with E-state index in [0.29, 0.717) is 31.3 Å². The molecular weight excluding hydrogens is 328 g/mol. The highest BCUT2D eigenvalue weighted by molar-refractivity contribution is 5.93. The molecule has 1 aliphatic heterocycles. The predicted molar refractivity (Wildman–Crippen MR) is 102 cm³/mol. The number of nitrogens with zero attached hydrogens (tertiary/aromatic N) is 2. The molecule has 3 rings (SSSR count). The van der Waals surface area contributed by atoms with E-state index in [1.54, 1.807) is 12.1 Å². The molecule has 0 atom stereocenters. The highest BCUT2D eigenvalue weighted by Crippen LogP contribution is 2.32. The normalized spacial score (nSPS) is 13.5. The minimum atomic E-state index is 0.519. The number of ether oxygens (including phenoxy) is 2. The molecule has 0 amide bonds. The second-order valence-electron chi connectivity index (χ2n) is 5.84. The molecule has 0 spiro atoms. The van der Waals surface area contributed by atoms with Gasteiger partial charge in [-0.15, -0.1) is 0 Å². The Kier molecular flexibility index (Phi) is 5.94. The van der Waals surface area contributed by atoms with E-state index in [2.05, 4.69) is 21.7 Å². The molecule has 134 valence electrons. The molecule has 0 radical (unpaired) electrons. The van der Waals surface area contributed by atoms with Crippen molar-refractivity contribution in [2.24, 2.45) is 4.99 Å². The molecule has 0 aromatic heterocycles. The van der Waals surface area contributed by atoms with E-state index < -0.39 is 0 Å². The number of anilines is 1. The topological polar surface area (TPSA) is 78.7 Å². The van der Waals surface area contributed by atoms with Crippen molar-refractivity contribution in [3.63, 3.8) is 0 Å². The number of aliphatic imine (C=N–C) groups is 1. The van der Waals surface area contributed by atoms with Crippen LogP contribution in [0, 0.1) is 11.3 Å². The number of nitrogens with one attached hydrogen (secondary N) is 2. The number of fused-ring (bicyclic) bond motifs is 1. The zero-order valence-corrected chi connectivity index (χ0v) is 14.8. The molecule has 2 aromatic rings. The molecule has 1 aliphatic rings. The number of rotatable bonds is 4. The van der Waals surface area contributed by atoms with Gasteiger partial charge in [0.2, 0.25) is 0 Å². The van der Waals surface area contributed by atoms with Gasteiger partial charge in [0, 0.05) is 24.7 Å². The van der Waals surface area contributed by atoms with Gasteiger partial charge >= 0.3 is 0 Å². The Morgan fingerprint density at radius 1 is 1.12 bits per heavy atom. The van der Waals surface area contributed by atoms with Crippen LogP contribution in [0.2, 0.25) is 0 Å². The maximum atomic E-state index is 8.87. The standard InChI is InChI=1S/C20H22N4O2/c1-2-22-20(23-14-16-6-4-15(13-21)5-7-16)24-17-8-9-18-19(12-17)26-11-3-10-25-18/h4-9,12H,2-3,10-11,14H2,1H3,(H2,22,23,24). The van der Waals surface area contributed by atoms with E-state index in [1.807, 2.05) is 37.3 Å². The van der Waals surface area contributed by atoms with E-state index in [9.17, 15) is 0 Å². The smallest absolute Gasteiger partial charge is 0.196 e. The fourth-order valence-electron chi connectivity index (χ4n) is 2.54. The van der Waals surface area contributed by atoms with Crippen LogP contribution in [0.5, 0.6) is 11.5 Å². The van der Waals surface area contributed by atoms with Crippen molar-refractivity contribution in [3.8, 4) is 17.6 Å². The summed E-state index contributed by atoms with van der Waals surface area (Å²) in [5, 5.41) is 15.4. The first-order valence-electron chi connectivity index (χ1n) is 8.72. The number of hydrogen-bond donors (Lipinski definition) is 2. The third kappa shape index (κ3) is 4.67. The Morgan fingerprint density at radius 3 is 2.62 bits per heavy atom. The van der Waals surface area contributed by atoms with E-state index in [-0.39, 0.29) is 0 Å². The lowest BCUT2D eigenvalue weighted by Gasteiger charge is -2.13. The molecule has 6 nitrogen and oxygen atoms in total. The molecule has 2 N–H and O–H groups in total. The Bertz CT molecular complexity index is 810. The molecular formula is C20H22N4O2. The molecule has 0 fully saturated rings. The lowest BCUT2D eigenvalue weighted by molar-refractivity contribution is 0.297. The fourth-order valence-corrected chi connectivity index (χ4v) is 2.54. The molecule has 2 aromatic carbocycles. The molecule has 0 aliphatic carbocycles. The maximum absolute atomic E-state index is 8.87. The quantitative estimate of drug-likeness (QED) is 0.653. The van der Waals surface area contributed by atoms with Gasteiger partial charge in [-0.3, -0.25) is 0 Å². The Labute approximate surface area is 153 Å². The summed E-state index contributed by atoms with van der Waals surface area (Å²) in [6.45, 7) is 4.63. The lowest BCUT2D eigenvalue weighted by Crippen LogP contribution is -2.30. The van der Waals surface area contributed by atoms with Crippen LogP contribution >= 0.6 is 0 Å². The predicted octanol–water partition coefficient (Wildman–Crippen LogP) is 3.30. The van der Waals surface area contributed by atoms with E-state index in [1.165, 1.54) is 0 Å². The van der Waals surface area contributed by atoms with Crippen LogP contribution in [-0.4, -0.2) is 25.7 Å². The first-order valence-corrected chi connectivity index (χ1v) is 8.72. The van der Waals surface area contributed by atoms with Crippen molar-refractivity contribution in [3.05, 3.63) is 53.6 Å². The van der Waals surface area contributed by atoms with Gasteiger partial charge < -0.3 is 20.1 Å². The number of hydrogen-bond acceptors (Lipinski definition) is 4. The molecule has 0 saturated heterocycles. The second-order valence-corrected chi connectivity index (χ2v) is 5.84. The zero-order valence-electron chi connectivity index (χ0n) is 14.8. The molecule has 0 saturated carbocycles. The van der Waals surface area contributed by atoms with Crippen LogP contribution in [0.4, 0.5) is 5.69 Å². The van der Waals surface area contributed by atoms with Gasteiger partial charge in [-0.1, -0.05) is 12.1 Å². The van der Waals surface area contributed by atoms with Gasteiger partial charge in [-0.05, 0) is 36.8 Å². The van der Waals surface area contributed by atoms with Gasteiger partial charge in [0.15, 0.2) is 17.5 Å². The molecule has 0 bridgehead atoms. The van der Waals surface area contributed by atoms with Gasteiger partial charge in [-0.25, -0.2) is 4.99 Å². The second kappa shape index (κ2) is 8.77. The third-order valence-electron chi connectivity index (χ3n) is 3.86. The summed E-state index contributed by atoms with van der Waals surface area (Å²) in [6, 6.07) is 15.3. The van der Waals surface area contributed by atoms with Gasteiger partial charge in [0.05, 0.1) is 31.4 Å². The first kappa shape index (κ1) is 17.6. The zero-order chi connectivity index (χ0) is 18.2. The van der Waals surface area contributed by atoms with E-state index in [4.69, 9.17) is 14.7 Å². The summed E-state index contributed by atoms with van der Waals surface area (Å²) in [6.07, 6.45) is 0.881. The largest absolute Gasteiger partial charge is 0.490 e. The van der Waals surface area contributed by atoms with Crippen molar-refractivity contribution in [2.45, 2.75) is 19.9 Å². The van der Waals surface area contributed by atoms with E-state index in [0.717, 1.165) is 35.7 Å². The highest BCUT2D eigenvalue weighted by Gasteiger charge is 2.11. The SMILES string of the molecule is CCNC(=NCc1ccc(C#N)cc1)Nc1ccc2c(c1)OCCCO2. The van der Waals surface area contributed by atoms with Crippen molar-refractivity contribution in [1.29, 1.82) is 5.26 Å². The highest BCUT2D eigenvalue weighted by atomic mass is 16.5. The minimum absolute atomic E-state index is 0.519. The Balaban J connectivity index is 1.71. The van der Waals surface area contributed by atoms with Gasteiger partial charge in [-0.2, -0.15) is 5.26 Å². The van der Waals surface area contributed by atoms with Crippen molar-refractivity contribution in [2.75, 3.05) is 25.1 Å². The molecule has 26 heavy (non-hydrogen) atoms. The summed E-state index contributed by atoms with van der Waals surface area (Å²) < 4.78 is 11.4. The summed E-state index contributed by atoms with van der Waals surface area (Å²) in [5.74, 6) is 2.20. The summed E-state index contributed by atoms with van der Waals surface area (Å²) in [5.41, 5.74) is 2.57. The van der Waals surface area contributed by atoms with Gasteiger partial charge in [0.25, 0.3) is 0 Å². The maximum Gasteiger partial charge on any atom is 0.196 e. The summed E-state index contributed by atoms with van der Waals surface area (Å²) >= 11 is 0. The molecule has 1 heterocycles. The van der Waals surface area contributed by atoms with Crippen molar-refractivity contribution >= 4 is 11.6 Å². The summed E-state index contributed by atoms with van der Waals surface area (Å²) in [4.78, 5) is 4.60. The van der Waals surface area contributed by atoms with Crippen LogP contribution in [0.25, 0.3) is 0 Å². The average Bonchev–Trinajstić information content (AvgIpc) is 2.91. The monoisotopic (exact) mass is 350 g/mol. The summed E-state index contributed by atoms with van der Waals surface area (Å²) in [7, 11) is 0. The van der Waals surface area contributed by atoms with E-state index >= 15 is 0 Å². The number of benzene rings is 2. The third-order valence-corrected chi connectivity index (χ3v) is 3.86. The minimum Gasteiger partial charge on any atom is -0.490 e. The molecule has 6 heteroatoms. The van der Waals surface area contributed by atoms with Crippen molar-refractivity contribution < 1.29 is 9.47 Å². The first-order chi connectivity index (χ1) is 12.8. The Morgan fingerprint density at radius 2 is 1.88 bits per heavy atom. The van der Waals surface area contributed by atoms with Crippen LogP contribution in [-0.2, 0) is 6.54 Å².